The molecular formula is C47H73N5O8. The highest BCUT2D eigenvalue weighted by molar-refractivity contribution is 5.90. The van der Waals surface area contributed by atoms with E-state index in [0.29, 0.717) is 63.6 Å². The highest BCUT2D eigenvalue weighted by Crippen LogP contribution is 2.21. The van der Waals surface area contributed by atoms with E-state index in [9.17, 15) is 33.9 Å². The second-order valence-corrected chi connectivity index (χ2v) is 15.6. The van der Waals surface area contributed by atoms with Crippen molar-refractivity contribution in [1.82, 2.24) is 26.0 Å². The van der Waals surface area contributed by atoms with Crippen LogP contribution < -0.4 is 16.1 Å². The predicted octanol–water partition coefficient (Wildman–Crippen LogP) is 5.65. The standard InChI is InChI=1S/C47H73N5O8/c1-11-15-24-37(12-2)31-40(49-45(57)43(48-10)33(5)6)46(58)52-30-21-25-39(50-52)47(59)60-41(34(7)23-20-27-42(55)51(13-3)14-4)26-19-17-16-18-22-35(8)44(56)38(32-53)29-28-36(9)54/h11-12,15-20,23-24,27,32-33,35,38-41,43-44,48,50,56H,2,13-14,21-22,25-26,28-31H2,1,3-10H3,(H,49,57)/b15-11-,18-16+,19-17+,27-20+,34-23+,37-24+/t35?,38?,39?,40?,41-,43?,44?/m0/s1. The Bertz CT molecular complexity index is 1590. The molecular weight excluding hydrogens is 763 g/mol. The van der Waals surface area contributed by atoms with Gasteiger partial charge in [-0.2, -0.15) is 0 Å². The molecule has 1 fully saturated rings. The summed E-state index contributed by atoms with van der Waals surface area (Å²) in [6, 6.07) is -2.29. The summed E-state index contributed by atoms with van der Waals surface area (Å²) in [7, 11) is 1.70. The number of nitrogens with one attached hydrogen (secondary N) is 3. The molecule has 0 aliphatic carbocycles. The number of ketones is 1. The summed E-state index contributed by atoms with van der Waals surface area (Å²) < 4.78 is 6.10. The van der Waals surface area contributed by atoms with Gasteiger partial charge in [0.25, 0.3) is 5.91 Å². The van der Waals surface area contributed by atoms with Crippen LogP contribution in [-0.2, 0) is 33.5 Å². The van der Waals surface area contributed by atoms with E-state index in [1.54, 1.807) is 30.2 Å². The summed E-state index contributed by atoms with van der Waals surface area (Å²) in [5, 5.41) is 18.0. The number of esters is 1. The number of hydrogen-bond acceptors (Lipinski definition) is 10. The number of hydrazine groups is 1. The summed E-state index contributed by atoms with van der Waals surface area (Å²) in [6.45, 7) is 20.0. The van der Waals surface area contributed by atoms with Crippen LogP contribution in [-0.4, -0.2) is 108 Å². The molecule has 0 aromatic heterocycles. The van der Waals surface area contributed by atoms with Crippen LogP contribution in [0, 0.1) is 17.8 Å². The number of carbonyl (C=O) groups excluding carboxylic acids is 6. The molecule has 1 heterocycles. The predicted molar refractivity (Wildman–Crippen MR) is 238 cm³/mol. The normalized spacial score (nSPS) is 18.4. The first-order chi connectivity index (χ1) is 28.6. The Balaban J connectivity index is 3.27. The molecule has 4 N–H and O–H groups in total. The van der Waals surface area contributed by atoms with Crippen molar-refractivity contribution in [3.63, 3.8) is 0 Å². The molecule has 1 rings (SSSR count). The van der Waals surface area contributed by atoms with Crippen molar-refractivity contribution in [3.8, 4) is 0 Å². The van der Waals surface area contributed by atoms with Crippen LogP contribution >= 0.6 is 0 Å². The molecule has 3 amide bonds. The molecule has 0 spiro atoms. The molecule has 1 aliphatic heterocycles. The second kappa shape index (κ2) is 29.5. The van der Waals surface area contributed by atoms with Gasteiger partial charge in [-0.15, -0.1) is 0 Å². The van der Waals surface area contributed by atoms with Gasteiger partial charge < -0.3 is 35.0 Å². The number of aldehydes is 1. The Kier molecular flexibility index (Phi) is 26.2. The number of likely N-dealkylation sites (N-methyl/N-ethyl adjacent to an activating group) is 2. The lowest BCUT2D eigenvalue weighted by Gasteiger charge is -2.36. The fourth-order valence-corrected chi connectivity index (χ4v) is 6.69. The molecule has 0 aromatic rings. The zero-order chi connectivity index (χ0) is 45.2. The molecule has 0 saturated carbocycles. The fraction of sp³-hybridized carbons (Fsp3) is 0.574. The zero-order valence-corrected chi connectivity index (χ0v) is 37.5. The van der Waals surface area contributed by atoms with Gasteiger partial charge in [0.05, 0.1) is 12.1 Å². The SMILES string of the molecule is C=C/C(=C\C=C/C)CC(NC(=O)C(NC)C(C)C)C(=O)N1CCCC(C(=O)O[C@@H](C/C=C/C=C/CC(C)C(O)C(C=O)CCC(C)=O)/C(C)=C/C=C/C(=O)N(CC)CC)N1. The van der Waals surface area contributed by atoms with Gasteiger partial charge >= 0.3 is 5.97 Å². The number of aliphatic hydroxyl groups excluding tert-OH is 1. The quantitative estimate of drug-likeness (QED) is 0.0351. The maximum atomic E-state index is 14.1. The molecule has 0 aromatic carbocycles. The highest BCUT2D eigenvalue weighted by Gasteiger charge is 2.35. The average molecular weight is 836 g/mol. The topological polar surface area (TPSA) is 174 Å². The first kappa shape index (κ1) is 53.3. The lowest BCUT2D eigenvalue weighted by molar-refractivity contribution is -0.156. The summed E-state index contributed by atoms with van der Waals surface area (Å²) in [4.78, 5) is 78.5. The largest absolute Gasteiger partial charge is 0.456 e. The van der Waals surface area contributed by atoms with Gasteiger partial charge in [0.15, 0.2) is 0 Å². The number of rotatable bonds is 27. The molecule has 60 heavy (non-hydrogen) atoms. The number of ether oxygens (including phenoxy) is 1. The Morgan fingerprint density at radius 2 is 1.67 bits per heavy atom. The first-order valence-electron chi connectivity index (χ1n) is 21.4. The van der Waals surface area contributed by atoms with E-state index < -0.39 is 48.1 Å². The van der Waals surface area contributed by atoms with Gasteiger partial charge in [-0.05, 0) is 90.3 Å². The van der Waals surface area contributed by atoms with Gasteiger partial charge in [-0.3, -0.25) is 24.2 Å². The number of aliphatic hydroxyl groups is 1. The van der Waals surface area contributed by atoms with Gasteiger partial charge in [0.1, 0.15) is 30.3 Å². The third-order valence-electron chi connectivity index (χ3n) is 10.5. The van der Waals surface area contributed by atoms with Crippen LogP contribution in [0.5, 0.6) is 0 Å². The summed E-state index contributed by atoms with van der Waals surface area (Å²) in [6.07, 6.45) is 21.0. The Morgan fingerprint density at radius 1 is 1.00 bits per heavy atom. The monoisotopic (exact) mass is 836 g/mol. The number of amides is 3. The third kappa shape index (κ3) is 19.1. The van der Waals surface area contributed by atoms with Crippen LogP contribution in [0.4, 0.5) is 0 Å². The average Bonchev–Trinajstić information content (AvgIpc) is 3.22. The minimum Gasteiger partial charge on any atom is -0.456 e. The van der Waals surface area contributed by atoms with Crippen LogP contribution in [0.1, 0.15) is 100 Å². The van der Waals surface area contributed by atoms with Gasteiger partial charge in [0.2, 0.25) is 11.8 Å². The van der Waals surface area contributed by atoms with E-state index in [1.165, 1.54) is 18.0 Å². The molecule has 7 atom stereocenters. The van der Waals surface area contributed by atoms with Crippen molar-refractivity contribution >= 4 is 35.8 Å². The lowest BCUT2D eigenvalue weighted by Crippen LogP contribution is -2.61. The minimum absolute atomic E-state index is 0.0276. The number of Topliss-reactive ketones (excluding diaryl/α,β-unsaturated/α-hetero) is 1. The van der Waals surface area contributed by atoms with Gasteiger partial charge in [-0.25, -0.2) is 5.43 Å². The molecule has 1 saturated heterocycles. The zero-order valence-electron chi connectivity index (χ0n) is 37.5. The Hall–Kier alpha value is -4.72. The molecule has 1 aliphatic rings. The molecule has 0 bridgehead atoms. The fourth-order valence-electron chi connectivity index (χ4n) is 6.69. The summed E-state index contributed by atoms with van der Waals surface area (Å²) >= 11 is 0. The Morgan fingerprint density at radius 3 is 2.23 bits per heavy atom. The van der Waals surface area contributed by atoms with Crippen LogP contribution in [0.15, 0.2) is 84.6 Å². The van der Waals surface area contributed by atoms with E-state index in [0.717, 1.165) is 5.57 Å². The van der Waals surface area contributed by atoms with Gasteiger partial charge in [0, 0.05) is 50.9 Å². The maximum Gasteiger partial charge on any atom is 0.325 e. The van der Waals surface area contributed by atoms with Crippen molar-refractivity contribution in [3.05, 3.63) is 84.6 Å². The molecule has 6 unspecified atom stereocenters. The molecule has 0 radical (unpaired) electrons. The number of allylic oxidation sites excluding steroid dienone is 9. The summed E-state index contributed by atoms with van der Waals surface area (Å²) in [5.74, 6) is -2.27. The van der Waals surface area contributed by atoms with Crippen molar-refractivity contribution in [2.45, 2.75) is 131 Å². The molecule has 13 nitrogen and oxygen atoms in total. The van der Waals surface area contributed by atoms with E-state index in [2.05, 4.69) is 22.6 Å². The van der Waals surface area contributed by atoms with Crippen LogP contribution in [0.25, 0.3) is 0 Å². The highest BCUT2D eigenvalue weighted by atomic mass is 16.5. The third-order valence-corrected chi connectivity index (χ3v) is 10.5. The maximum absolute atomic E-state index is 14.1. The number of carbonyl (C=O) groups is 6. The van der Waals surface area contributed by atoms with Crippen LogP contribution in [0.3, 0.4) is 0 Å². The lowest BCUT2D eigenvalue weighted by atomic mass is 9.87. The number of nitrogens with zero attached hydrogens (tertiary/aromatic N) is 2. The van der Waals surface area contributed by atoms with Crippen molar-refractivity contribution in [2.75, 3.05) is 26.7 Å². The van der Waals surface area contributed by atoms with Crippen molar-refractivity contribution in [2.24, 2.45) is 17.8 Å². The Labute approximate surface area is 359 Å². The van der Waals surface area contributed by atoms with E-state index >= 15 is 0 Å². The van der Waals surface area contributed by atoms with E-state index in [1.807, 2.05) is 91.0 Å². The van der Waals surface area contributed by atoms with Crippen molar-refractivity contribution in [1.29, 1.82) is 0 Å². The smallest absolute Gasteiger partial charge is 0.325 e. The van der Waals surface area contributed by atoms with E-state index in [4.69, 9.17) is 4.74 Å². The first-order valence-corrected chi connectivity index (χ1v) is 21.4. The molecule has 334 valence electrons. The summed E-state index contributed by atoms with van der Waals surface area (Å²) in [5.41, 5.74) is 4.53. The van der Waals surface area contributed by atoms with Crippen LogP contribution in [0.2, 0.25) is 0 Å². The second-order valence-electron chi connectivity index (χ2n) is 15.6. The number of hydrogen-bond donors (Lipinski definition) is 4. The van der Waals surface area contributed by atoms with Gasteiger partial charge in [-0.1, -0.05) is 88.1 Å². The minimum atomic E-state index is -0.935. The van der Waals surface area contributed by atoms with E-state index in [-0.39, 0.29) is 42.3 Å². The van der Waals surface area contributed by atoms with Crippen molar-refractivity contribution < 1.29 is 38.6 Å². The molecule has 13 heteroatoms.